The Balaban J connectivity index is 1.92. The Labute approximate surface area is 190 Å². The minimum Gasteiger partial charge on any atom is -0.506 e. The standard InChI is InChI=1S/C25H23NO7/c1-4-32-16-12-10-15(11-13-16)26-22(19-9-6-14-33-19)21(24(28)25(26)29)23(27)20-17(30-2)7-5-8-18(20)31-3/h5-14,22,27H,4H2,1-3H3/b23-21+. The highest BCUT2D eigenvalue weighted by molar-refractivity contribution is 6.51. The van der Waals surface area contributed by atoms with Gasteiger partial charge in [0.25, 0.3) is 11.7 Å². The van der Waals surface area contributed by atoms with Gasteiger partial charge in [0.15, 0.2) is 0 Å². The van der Waals surface area contributed by atoms with Gasteiger partial charge in [-0.15, -0.1) is 0 Å². The molecule has 1 unspecified atom stereocenters. The number of benzene rings is 2. The van der Waals surface area contributed by atoms with Crippen molar-refractivity contribution in [3.63, 3.8) is 0 Å². The Morgan fingerprint density at radius 2 is 1.67 bits per heavy atom. The molecule has 0 saturated carbocycles. The molecule has 3 aromatic rings. The summed E-state index contributed by atoms with van der Waals surface area (Å²) in [6.07, 6.45) is 1.44. The number of aliphatic hydroxyl groups excluding tert-OH is 1. The lowest BCUT2D eigenvalue weighted by atomic mass is 9.98. The van der Waals surface area contributed by atoms with Crippen molar-refractivity contribution in [2.45, 2.75) is 13.0 Å². The van der Waals surface area contributed by atoms with E-state index in [1.807, 2.05) is 6.92 Å². The SMILES string of the molecule is CCOc1ccc(N2C(=O)C(=O)/C(=C(/O)c3c(OC)cccc3OC)C2c2ccco2)cc1. The Morgan fingerprint density at radius 1 is 1.00 bits per heavy atom. The number of ether oxygens (including phenoxy) is 3. The lowest BCUT2D eigenvalue weighted by Crippen LogP contribution is -2.29. The van der Waals surface area contributed by atoms with Gasteiger partial charge < -0.3 is 23.7 Å². The molecule has 2 heterocycles. The zero-order chi connectivity index (χ0) is 23.5. The fraction of sp³-hybridized carbons (Fsp3) is 0.200. The Bertz CT molecular complexity index is 1170. The summed E-state index contributed by atoms with van der Waals surface area (Å²) in [4.78, 5) is 27.7. The maximum atomic E-state index is 13.2. The molecular weight excluding hydrogens is 426 g/mol. The van der Waals surface area contributed by atoms with E-state index < -0.39 is 23.5 Å². The molecule has 0 radical (unpaired) electrons. The van der Waals surface area contributed by atoms with E-state index >= 15 is 0 Å². The van der Waals surface area contributed by atoms with Crippen molar-refractivity contribution in [2.24, 2.45) is 0 Å². The topological polar surface area (TPSA) is 98.4 Å². The van der Waals surface area contributed by atoms with Crippen LogP contribution in [0.3, 0.4) is 0 Å². The van der Waals surface area contributed by atoms with Gasteiger partial charge in [0.1, 0.15) is 40.4 Å². The minimum atomic E-state index is -0.993. The van der Waals surface area contributed by atoms with Crippen LogP contribution in [0.4, 0.5) is 5.69 Å². The highest BCUT2D eigenvalue weighted by Crippen LogP contribution is 2.45. The Kier molecular flexibility index (Phi) is 6.08. The predicted molar refractivity (Wildman–Crippen MR) is 121 cm³/mol. The Hall–Kier alpha value is -4.20. The molecule has 1 aliphatic heterocycles. The van der Waals surface area contributed by atoms with Crippen LogP contribution in [0.5, 0.6) is 17.2 Å². The third-order valence-electron chi connectivity index (χ3n) is 5.35. The number of carbonyl (C=O) groups is 2. The van der Waals surface area contributed by atoms with Crippen molar-refractivity contribution in [3.8, 4) is 17.2 Å². The van der Waals surface area contributed by atoms with Crippen molar-refractivity contribution in [1.82, 2.24) is 0 Å². The molecule has 0 bridgehead atoms. The fourth-order valence-electron chi connectivity index (χ4n) is 3.90. The van der Waals surface area contributed by atoms with Gasteiger partial charge in [-0.05, 0) is 55.5 Å². The first kappa shape index (κ1) is 22.0. The molecule has 1 N–H and O–H groups in total. The van der Waals surface area contributed by atoms with Gasteiger partial charge in [-0.3, -0.25) is 14.5 Å². The van der Waals surface area contributed by atoms with Crippen LogP contribution < -0.4 is 19.1 Å². The molecule has 1 atom stereocenters. The van der Waals surface area contributed by atoms with Gasteiger partial charge in [-0.25, -0.2) is 0 Å². The van der Waals surface area contributed by atoms with Crippen molar-refractivity contribution in [1.29, 1.82) is 0 Å². The van der Waals surface area contributed by atoms with E-state index in [4.69, 9.17) is 18.6 Å². The third kappa shape index (κ3) is 3.80. The quantitative estimate of drug-likeness (QED) is 0.326. The van der Waals surface area contributed by atoms with Gasteiger partial charge in [0.2, 0.25) is 0 Å². The fourth-order valence-corrected chi connectivity index (χ4v) is 3.90. The van der Waals surface area contributed by atoms with Gasteiger partial charge in [0.05, 0.1) is 32.7 Å². The summed E-state index contributed by atoms with van der Waals surface area (Å²) in [5.41, 5.74) is 0.489. The second-order valence-electron chi connectivity index (χ2n) is 7.15. The van der Waals surface area contributed by atoms with Crippen molar-refractivity contribution >= 4 is 23.1 Å². The molecule has 170 valence electrons. The largest absolute Gasteiger partial charge is 0.506 e. The zero-order valence-electron chi connectivity index (χ0n) is 18.4. The Morgan fingerprint density at radius 3 is 2.21 bits per heavy atom. The number of ketones is 1. The second kappa shape index (κ2) is 9.12. The summed E-state index contributed by atoms with van der Waals surface area (Å²) in [6.45, 7) is 2.37. The number of anilines is 1. The van der Waals surface area contributed by atoms with E-state index in [1.54, 1.807) is 54.6 Å². The number of rotatable bonds is 7. The average molecular weight is 449 g/mol. The first-order valence-corrected chi connectivity index (χ1v) is 10.3. The summed E-state index contributed by atoms with van der Waals surface area (Å²) >= 11 is 0. The van der Waals surface area contributed by atoms with Crippen LogP contribution in [0, 0.1) is 0 Å². The van der Waals surface area contributed by atoms with E-state index in [0.29, 0.717) is 23.8 Å². The van der Waals surface area contributed by atoms with Crippen LogP contribution in [-0.2, 0) is 9.59 Å². The van der Waals surface area contributed by atoms with Crippen molar-refractivity contribution in [2.75, 3.05) is 25.7 Å². The van der Waals surface area contributed by atoms with Crippen molar-refractivity contribution < 1.29 is 33.3 Å². The molecule has 1 fully saturated rings. The normalized spacial score (nSPS) is 17.3. The number of Topliss-reactive ketones (excluding diaryl/α,β-unsaturated/α-hetero) is 1. The number of hydrogen-bond acceptors (Lipinski definition) is 7. The first-order valence-electron chi connectivity index (χ1n) is 10.3. The number of methoxy groups -OCH3 is 2. The molecule has 4 rings (SSSR count). The van der Waals surface area contributed by atoms with Gasteiger partial charge in [-0.1, -0.05) is 6.07 Å². The zero-order valence-corrected chi connectivity index (χ0v) is 18.4. The summed E-state index contributed by atoms with van der Waals surface area (Å²) < 4.78 is 21.8. The first-order chi connectivity index (χ1) is 16.0. The highest BCUT2D eigenvalue weighted by Gasteiger charge is 2.48. The average Bonchev–Trinajstić information content (AvgIpc) is 3.46. The summed E-state index contributed by atoms with van der Waals surface area (Å²) in [5.74, 6) is -0.538. The number of furan rings is 1. The molecule has 0 spiro atoms. The molecular formula is C25H23NO7. The van der Waals surface area contributed by atoms with E-state index in [9.17, 15) is 14.7 Å². The number of carbonyl (C=O) groups excluding carboxylic acids is 2. The van der Waals surface area contributed by atoms with E-state index in [2.05, 4.69) is 0 Å². The monoisotopic (exact) mass is 449 g/mol. The molecule has 1 aromatic heterocycles. The highest BCUT2D eigenvalue weighted by atomic mass is 16.5. The smallest absolute Gasteiger partial charge is 0.300 e. The molecule has 0 aliphatic carbocycles. The third-order valence-corrected chi connectivity index (χ3v) is 5.35. The lowest BCUT2D eigenvalue weighted by molar-refractivity contribution is -0.132. The molecule has 2 aromatic carbocycles. The van der Waals surface area contributed by atoms with Gasteiger partial charge >= 0.3 is 0 Å². The maximum Gasteiger partial charge on any atom is 0.300 e. The summed E-state index contributed by atoms with van der Waals surface area (Å²) in [6, 6.07) is 14.0. The molecule has 1 amide bonds. The van der Waals surface area contributed by atoms with Gasteiger partial charge in [0, 0.05) is 5.69 Å². The molecule has 1 saturated heterocycles. The van der Waals surface area contributed by atoms with E-state index in [-0.39, 0.29) is 22.6 Å². The number of hydrogen-bond donors (Lipinski definition) is 1. The summed E-state index contributed by atoms with van der Waals surface area (Å²) in [7, 11) is 2.88. The van der Waals surface area contributed by atoms with Crippen LogP contribution in [0.2, 0.25) is 0 Å². The molecule has 33 heavy (non-hydrogen) atoms. The van der Waals surface area contributed by atoms with Crippen LogP contribution in [-0.4, -0.2) is 37.6 Å². The van der Waals surface area contributed by atoms with Crippen LogP contribution in [0.15, 0.2) is 70.9 Å². The van der Waals surface area contributed by atoms with Crippen LogP contribution in [0.1, 0.15) is 24.3 Å². The molecule has 8 heteroatoms. The number of aliphatic hydroxyl groups is 1. The summed E-state index contributed by atoms with van der Waals surface area (Å²) in [5, 5.41) is 11.3. The lowest BCUT2D eigenvalue weighted by Gasteiger charge is -2.24. The predicted octanol–water partition coefficient (Wildman–Crippen LogP) is 4.32. The minimum absolute atomic E-state index is 0.133. The van der Waals surface area contributed by atoms with Crippen molar-refractivity contribution in [3.05, 3.63) is 77.8 Å². The van der Waals surface area contributed by atoms with E-state index in [0.717, 1.165) is 0 Å². The molecule has 8 nitrogen and oxygen atoms in total. The number of amides is 1. The van der Waals surface area contributed by atoms with E-state index in [1.165, 1.54) is 25.4 Å². The number of nitrogens with zero attached hydrogens (tertiary/aromatic N) is 1. The maximum absolute atomic E-state index is 13.2. The van der Waals surface area contributed by atoms with Crippen LogP contribution in [0.25, 0.3) is 5.76 Å². The molecule has 1 aliphatic rings. The second-order valence-corrected chi connectivity index (χ2v) is 7.15. The van der Waals surface area contributed by atoms with Gasteiger partial charge in [-0.2, -0.15) is 0 Å². The van der Waals surface area contributed by atoms with Crippen LogP contribution >= 0.6 is 0 Å².